The molecule has 1 aromatic rings. The van der Waals surface area contributed by atoms with Gasteiger partial charge in [-0.05, 0) is 49.9 Å². The number of methoxy groups -OCH3 is 1. The number of halogens is 1. The van der Waals surface area contributed by atoms with Crippen LogP contribution in [0.3, 0.4) is 0 Å². The minimum Gasteiger partial charge on any atom is -0.384 e. The van der Waals surface area contributed by atoms with Crippen LogP contribution in [0.2, 0.25) is 0 Å². The maximum atomic E-state index is 12.4. The highest BCUT2D eigenvalue weighted by Gasteiger charge is 2.34. The van der Waals surface area contributed by atoms with Gasteiger partial charge in [-0.3, -0.25) is 4.79 Å². The van der Waals surface area contributed by atoms with Gasteiger partial charge < -0.3 is 15.4 Å². The van der Waals surface area contributed by atoms with Gasteiger partial charge in [0.1, 0.15) is 0 Å². The lowest BCUT2D eigenvalue weighted by Crippen LogP contribution is -2.48. The van der Waals surface area contributed by atoms with E-state index in [-0.39, 0.29) is 41.6 Å². The number of piperidine rings is 1. The van der Waals surface area contributed by atoms with Gasteiger partial charge in [-0.2, -0.15) is 0 Å². The highest BCUT2D eigenvalue weighted by molar-refractivity contribution is 7.91. The molecule has 25 heavy (non-hydrogen) atoms. The molecule has 2 N–H and O–H groups in total. The molecule has 2 aliphatic heterocycles. The Morgan fingerprint density at radius 3 is 2.36 bits per heavy atom. The molecule has 2 aliphatic rings. The standard InChI is InChI=1S/C17H24N2O4S.ClH/c1-23-8-9-24(21,22)16-6-2-12(3-7-16)17(20)19-15-10-13-4-5-14(11-15)18-13;/h2-3,6-7,13-15,18H,4-5,8-11H2,1H3,(H,19,20);1H. The number of ether oxygens (including phenoxy) is 1. The Bertz CT molecular complexity index is 681. The lowest BCUT2D eigenvalue weighted by atomic mass is 9.99. The third-order valence-corrected chi connectivity index (χ3v) is 6.53. The number of fused-ring (bicyclic) bond motifs is 2. The molecule has 1 amide bonds. The fourth-order valence-electron chi connectivity index (χ4n) is 3.57. The molecule has 2 bridgehead atoms. The summed E-state index contributed by atoms with van der Waals surface area (Å²) in [5.41, 5.74) is 0.492. The van der Waals surface area contributed by atoms with Gasteiger partial charge in [0.2, 0.25) is 0 Å². The fraction of sp³-hybridized carbons (Fsp3) is 0.588. The van der Waals surface area contributed by atoms with E-state index >= 15 is 0 Å². The molecule has 0 aromatic heterocycles. The second kappa shape index (κ2) is 8.49. The summed E-state index contributed by atoms with van der Waals surface area (Å²) in [6.45, 7) is 0.155. The monoisotopic (exact) mass is 388 g/mol. The number of benzene rings is 1. The maximum Gasteiger partial charge on any atom is 0.251 e. The van der Waals surface area contributed by atoms with Gasteiger partial charge in [0.15, 0.2) is 9.84 Å². The van der Waals surface area contributed by atoms with E-state index in [0.29, 0.717) is 17.6 Å². The van der Waals surface area contributed by atoms with Crippen LogP contribution in [-0.2, 0) is 14.6 Å². The second-order valence-corrected chi connectivity index (χ2v) is 8.72. The lowest BCUT2D eigenvalue weighted by molar-refractivity contribution is 0.0924. The Morgan fingerprint density at radius 1 is 1.20 bits per heavy atom. The van der Waals surface area contributed by atoms with Gasteiger partial charge in [0, 0.05) is 30.8 Å². The van der Waals surface area contributed by atoms with E-state index in [0.717, 1.165) is 12.8 Å². The van der Waals surface area contributed by atoms with E-state index < -0.39 is 9.84 Å². The maximum absolute atomic E-state index is 12.4. The SMILES string of the molecule is COCCS(=O)(=O)c1ccc(C(=O)NC2CC3CCC(C2)N3)cc1.Cl. The molecule has 2 fully saturated rings. The summed E-state index contributed by atoms with van der Waals surface area (Å²) in [4.78, 5) is 12.6. The Kier molecular flexibility index (Phi) is 6.85. The summed E-state index contributed by atoms with van der Waals surface area (Å²) in [7, 11) is -1.90. The Morgan fingerprint density at radius 2 is 1.80 bits per heavy atom. The predicted octanol–water partition coefficient (Wildman–Crippen LogP) is 1.54. The number of carbonyl (C=O) groups excluding carboxylic acids is 1. The van der Waals surface area contributed by atoms with Gasteiger partial charge in [-0.1, -0.05) is 0 Å². The summed E-state index contributed by atoms with van der Waals surface area (Å²) in [6, 6.07) is 7.36. The normalized spacial score (nSPS) is 25.2. The summed E-state index contributed by atoms with van der Waals surface area (Å²) in [5.74, 6) is -0.200. The molecular formula is C17H25ClN2O4S. The molecule has 2 saturated heterocycles. The van der Waals surface area contributed by atoms with Crippen molar-refractivity contribution in [2.45, 2.75) is 48.7 Å². The zero-order chi connectivity index (χ0) is 17.2. The van der Waals surface area contributed by atoms with E-state index in [1.54, 1.807) is 12.1 Å². The molecule has 0 radical (unpaired) electrons. The Balaban J connectivity index is 0.00000225. The van der Waals surface area contributed by atoms with Crippen molar-refractivity contribution in [3.63, 3.8) is 0 Å². The molecule has 2 atom stereocenters. The van der Waals surface area contributed by atoms with Crippen LogP contribution in [0.15, 0.2) is 29.2 Å². The molecule has 140 valence electrons. The van der Waals surface area contributed by atoms with Crippen LogP contribution in [-0.4, -0.2) is 51.9 Å². The summed E-state index contributed by atoms with van der Waals surface area (Å²) >= 11 is 0. The van der Waals surface area contributed by atoms with Crippen LogP contribution in [0.4, 0.5) is 0 Å². The smallest absolute Gasteiger partial charge is 0.251 e. The molecule has 2 heterocycles. The summed E-state index contributed by atoms with van der Waals surface area (Å²) in [6.07, 6.45) is 4.30. The second-order valence-electron chi connectivity index (χ2n) is 6.62. The molecule has 8 heteroatoms. The lowest BCUT2D eigenvalue weighted by Gasteiger charge is -2.29. The average Bonchev–Trinajstić information content (AvgIpc) is 2.91. The first-order valence-electron chi connectivity index (χ1n) is 8.36. The number of carbonyl (C=O) groups is 1. The van der Waals surface area contributed by atoms with Crippen LogP contribution in [0, 0.1) is 0 Å². The van der Waals surface area contributed by atoms with Gasteiger partial charge in [0.25, 0.3) is 5.91 Å². The Hall–Kier alpha value is -1.15. The van der Waals surface area contributed by atoms with Gasteiger partial charge in [-0.15, -0.1) is 12.4 Å². The Labute approximate surface area is 155 Å². The quantitative estimate of drug-likeness (QED) is 0.772. The van der Waals surface area contributed by atoms with Crippen molar-refractivity contribution in [2.75, 3.05) is 19.5 Å². The topological polar surface area (TPSA) is 84.5 Å². The largest absolute Gasteiger partial charge is 0.384 e. The third kappa shape index (κ3) is 4.94. The van der Waals surface area contributed by atoms with Crippen molar-refractivity contribution in [1.29, 1.82) is 0 Å². The number of nitrogens with one attached hydrogen (secondary N) is 2. The van der Waals surface area contributed by atoms with E-state index in [1.165, 1.54) is 32.1 Å². The molecule has 3 rings (SSSR count). The van der Waals surface area contributed by atoms with Gasteiger partial charge >= 0.3 is 0 Å². The minimum absolute atomic E-state index is 0. The summed E-state index contributed by atoms with van der Waals surface area (Å²) < 4.78 is 29.0. The van der Waals surface area contributed by atoms with Crippen molar-refractivity contribution < 1.29 is 17.9 Å². The molecule has 2 unspecified atom stereocenters. The number of hydrogen-bond donors (Lipinski definition) is 2. The molecule has 0 aliphatic carbocycles. The predicted molar refractivity (Wildman–Crippen MR) is 98.1 cm³/mol. The minimum atomic E-state index is -3.36. The van der Waals surface area contributed by atoms with E-state index in [1.807, 2.05) is 0 Å². The van der Waals surface area contributed by atoms with Gasteiger partial charge in [-0.25, -0.2) is 8.42 Å². The average molecular weight is 389 g/mol. The highest BCUT2D eigenvalue weighted by Crippen LogP contribution is 2.27. The molecular weight excluding hydrogens is 364 g/mol. The van der Waals surface area contributed by atoms with Crippen LogP contribution in [0.1, 0.15) is 36.0 Å². The van der Waals surface area contributed by atoms with E-state index in [9.17, 15) is 13.2 Å². The number of sulfone groups is 1. The molecule has 0 saturated carbocycles. The number of amides is 1. The van der Waals surface area contributed by atoms with Crippen molar-refractivity contribution in [2.24, 2.45) is 0 Å². The first-order chi connectivity index (χ1) is 11.5. The van der Waals surface area contributed by atoms with Crippen LogP contribution >= 0.6 is 12.4 Å². The number of rotatable bonds is 6. The fourth-order valence-corrected chi connectivity index (χ4v) is 4.74. The van der Waals surface area contributed by atoms with Crippen LogP contribution < -0.4 is 10.6 Å². The zero-order valence-electron chi connectivity index (χ0n) is 14.2. The van der Waals surface area contributed by atoms with Crippen molar-refractivity contribution in [3.05, 3.63) is 29.8 Å². The first-order valence-corrected chi connectivity index (χ1v) is 10.0. The van der Waals surface area contributed by atoms with Crippen LogP contribution in [0.25, 0.3) is 0 Å². The third-order valence-electron chi connectivity index (χ3n) is 4.84. The van der Waals surface area contributed by atoms with Crippen LogP contribution in [0.5, 0.6) is 0 Å². The first kappa shape index (κ1) is 20.2. The molecule has 1 aromatic carbocycles. The molecule has 0 spiro atoms. The van der Waals surface area contributed by atoms with Crippen molar-refractivity contribution >= 4 is 28.2 Å². The van der Waals surface area contributed by atoms with Crippen molar-refractivity contribution in [1.82, 2.24) is 10.6 Å². The number of hydrogen-bond acceptors (Lipinski definition) is 5. The molecule has 6 nitrogen and oxygen atoms in total. The highest BCUT2D eigenvalue weighted by atomic mass is 35.5. The van der Waals surface area contributed by atoms with Gasteiger partial charge in [0.05, 0.1) is 17.3 Å². The zero-order valence-corrected chi connectivity index (χ0v) is 15.9. The van der Waals surface area contributed by atoms with E-state index in [2.05, 4.69) is 10.6 Å². The summed E-state index contributed by atoms with van der Waals surface area (Å²) in [5, 5.41) is 6.63. The van der Waals surface area contributed by atoms with Crippen molar-refractivity contribution in [3.8, 4) is 0 Å². The van der Waals surface area contributed by atoms with E-state index in [4.69, 9.17) is 4.74 Å².